The fourth-order valence-electron chi connectivity index (χ4n) is 2.39. The topological polar surface area (TPSA) is 70.2 Å². The molecule has 0 radical (unpaired) electrons. The third kappa shape index (κ3) is 4.56. The van der Waals surface area contributed by atoms with Crippen LogP contribution >= 0.6 is 0 Å². The Labute approximate surface area is 149 Å². The Morgan fingerprint density at radius 3 is 2.31 bits per heavy atom. The normalized spacial score (nSPS) is 14.4. The molecular weight excluding hydrogens is 340 g/mol. The van der Waals surface area contributed by atoms with Gasteiger partial charge in [-0.15, -0.1) is 0 Å². The Kier molecular flexibility index (Phi) is 5.16. The van der Waals surface area contributed by atoms with E-state index in [0.717, 1.165) is 31.0 Å². The Balaban J connectivity index is 1.56. The highest BCUT2D eigenvalue weighted by Crippen LogP contribution is 2.30. The van der Waals surface area contributed by atoms with Crippen molar-refractivity contribution in [1.82, 2.24) is 0 Å². The lowest BCUT2D eigenvalue weighted by atomic mass is 10.2. The van der Waals surface area contributed by atoms with Crippen molar-refractivity contribution in [3.63, 3.8) is 0 Å². The van der Waals surface area contributed by atoms with Crippen molar-refractivity contribution in [2.75, 3.05) is 16.0 Å². The third-order valence-corrected chi connectivity index (χ3v) is 4.06. The zero-order chi connectivity index (χ0) is 18.7. The molecular formula is C19H19F2N3O2. The van der Waals surface area contributed by atoms with E-state index >= 15 is 0 Å². The molecule has 3 N–H and O–H groups in total. The van der Waals surface area contributed by atoms with Crippen molar-refractivity contribution in [1.29, 1.82) is 0 Å². The maximum Gasteiger partial charge on any atom is 0.246 e. The molecule has 136 valence electrons. The Morgan fingerprint density at radius 2 is 1.65 bits per heavy atom. The van der Waals surface area contributed by atoms with Crippen LogP contribution in [-0.2, 0) is 9.59 Å². The number of carbonyl (C=O) groups excluding carboxylic acids is 2. The second-order valence-electron chi connectivity index (χ2n) is 6.32. The molecule has 0 aromatic heterocycles. The first-order chi connectivity index (χ1) is 12.4. The summed E-state index contributed by atoms with van der Waals surface area (Å²) >= 11 is 0. The van der Waals surface area contributed by atoms with Crippen molar-refractivity contribution < 1.29 is 18.4 Å². The van der Waals surface area contributed by atoms with Crippen LogP contribution in [0.4, 0.5) is 25.8 Å². The van der Waals surface area contributed by atoms with Gasteiger partial charge in [0.15, 0.2) is 0 Å². The number of benzene rings is 2. The molecule has 1 aliphatic carbocycles. The molecule has 2 aromatic carbocycles. The summed E-state index contributed by atoms with van der Waals surface area (Å²) in [6.07, 6.45) is 1.87. The van der Waals surface area contributed by atoms with E-state index in [9.17, 15) is 18.4 Å². The van der Waals surface area contributed by atoms with Crippen LogP contribution in [0.3, 0.4) is 0 Å². The molecule has 0 heterocycles. The molecule has 7 heteroatoms. The summed E-state index contributed by atoms with van der Waals surface area (Å²) < 4.78 is 26.8. The number of carbonyl (C=O) groups is 2. The standard InChI is InChI=1S/C19H19F2N3O2/c1-11(18(25)24-17-10-13(20)4-9-16(17)21)22-14-5-7-15(8-6-14)23-19(26)12-2-3-12/h4-12,22H,2-3H2,1H3,(H,23,26)(H,24,25). The van der Waals surface area contributed by atoms with Crippen LogP contribution in [0.1, 0.15) is 19.8 Å². The molecule has 1 saturated carbocycles. The third-order valence-electron chi connectivity index (χ3n) is 4.06. The molecule has 5 nitrogen and oxygen atoms in total. The van der Waals surface area contributed by atoms with E-state index in [2.05, 4.69) is 16.0 Å². The van der Waals surface area contributed by atoms with Gasteiger partial charge in [-0.25, -0.2) is 8.78 Å². The zero-order valence-electron chi connectivity index (χ0n) is 14.2. The average Bonchev–Trinajstić information content (AvgIpc) is 3.45. The van der Waals surface area contributed by atoms with Crippen LogP contribution in [0.15, 0.2) is 42.5 Å². The Bertz CT molecular complexity index is 820. The largest absolute Gasteiger partial charge is 0.374 e. The molecule has 0 bridgehead atoms. The molecule has 1 atom stereocenters. The summed E-state index contributed by atoms with van der Waals surface area (Å²) in [7, 11) is 0. The van der Waals surface area contributed by atoms with E-state index in [0.29, 0.717) is 11.4 Å². The molecule has 1 unspecified atom stereocenters. The van der Waals surface area contributed by atoms with E-state index in [1.807, 2.05) is 0 Å². The first-order valence-corrected chi connectivity index (χ1v) is 8.36. The number of hydrogen-bond donors (Lipinski definition) is 3. The maximum absolute atomic E-state index is 13.6. The summed E-state index contributed by atoms with van der Waals surface area (Å²) in [6, 6.07) is 9.12. The van der Waals surface area contributed by atoms with E-state index < -0.39 is 23.6 Å². The summed E-state index contributed by atoms with van der Waals surface area (Å²) in [6.45, 7) is 1.61. The molecule has 0 saturated heterocycles. The van der Waals surface area contributed by atoms with Crippen LogP contribution in [-0.4, -0.2) is 17.9 Å². The van der Waals surface area contributed by atoms with Gasteiger partial charge in [0.25, 0.3) is 0 Å². The van der Waals surface area contributed by atoms with Crippen LogP contribution in [0.2, 0.25) is 0 Å². The van der Waals surface area contributed by atoms with Crippen LogP contribution < -0.4 is 16.0 Å². The van der Waals surface area contributed by atoms with Gasteiger partial charge < -0.3 is 16.0 Å². The highest BCUT2D eigenvalue weighted by molar-refractivity contribution is 5.96. The van der Waals surface area contributed by atoms with Gasteiger partial charge >= 0.3 is 0 Å². The summed E-state index contributed by atoms with van der Waals surface area (Å²) in [5.74, 6) is -1.69. The van der Waals surface area contributed by atoms with E-state index in [1.165, 1.54) is 0 Å². The van der Waals surface area contributed by atoms with Crippen molar-refractivity contribution in [3.8, 4) is 0 Å². The molecule has 0 spiro atoms. The van der Waals surface area contributed by atoms with Crippen LogP contribution in [0.25, 0.3) is 0 Å². The quantitative estimate of drug-likeness (QED) is 0.736. The van der Waals surface area contributed by atoms with E-state index in [-0.39, 0.29) is 17.5 Å². The molecule has 0 aliphatic heterocycles. The Hall–Kier alpha value is -2.96. The van der Waals surface area contributed by atoms with Crippen LogP contribution in [0.5, 0.6) is 0 Å². The minimum Gasteiger partial charge on any atom is -0.374 e. The van der Waals surface area contributed by atoms with Gasteiger partial charge in [-0.1, -0.05) is 0 Å². The lowest BCUT2D eigenvalue weighted by Gasteiger charge is -2.16. The smallest absolute Gasteiger partial charge is 0.246 e. The number of rotatable bonds is 6. The fraction of sp³-hybridized carbons (Fsp3) is 0.263. The molecule has 3 rings (SSSR count). The predicted molar refractivity (Wildman–Crippen MR) is 95.9 cm³/mol. The molecule has 2 amide bonds. The van der Waals surface area contributed by atoms with E-state index in [4.69, 9.17) is 0 Å². The van der Waals surface area contributed by atoms with Crippen molar-refractivity contribution in [2.45, 2.75) is 25.8 Å². The van der Waals surface area contributed by atoms with Crippen molar-refractivity contribution in [2.24, 2.45) is 5.92 Å². The number of anilines is 3. The monoisotopic (exact) mass is 359 g/mol. The van der Waals surface area contributed by atoms with Gasteiger partial charge in [0.2, 0.25) is 11.8 Å². The zero-order valence-corrected chi connectivity index (χ0v) is 14.2. The number of halogens is 2. The van der Waals surface area contributed by atoms with Crippen LogP contribution in [0, 0.1) is 17.6 Å². The number of hydrogen-bond acceptors (Lipinski definition) is 3. The lowest BCUT2D eigenvalue weighted by Crippen LogP contribution is -2.32. The minimum absolute atomic E-state index is 0.0237. The lowest BCUT2D eigenvalue weighted by molar-refractivity contribution is -0.117. The van der Waals surface area contributed by atoms with Gasteiger partial charge in [0.1, 0.15) is 17.7 Å². The van der Waals surface area contributed by atoms with Crippen molar-refractivity contribution >= 4 is 28.9 Å². The highest BCUT2D eigenvalue weighted by atomic mass is 19.1. The Morgan fingerprint density at radius 1 is 1.00 bits per heavy atom. The first-order valence-electron chi connectivity index (χ1n) is 8.36. The van der Waals surface area contributed by atoms with Gasteiger partial charge in [-0.3, -0.25) is 9.59 Å². The number of nitrogens with one attached hydrogen (secondary N) is 3. The second kappa shape index (κ2) is 7.51. The summed E-state index contributed by atoms with van der Waals surface area (Å²) in [5.41, 5.74) is 1.14. The SMILES string of the molecule is CC(Nc1ccc(NC(=O)C2CC2)cc1)C(=O)Nc1cc(F)ccc1F. The summed E-state index contributed by atoms with van der Waals surface area (Å²) in [4.78, 5) is 23.9. The molecule has 26 heavy (non-hydrogen) atoms. The molecule has 1 aliphatic rings. The van der Waals surface area contributed by atoms with E-state index in [1.54, 1.807) is 31.2 Å². The van der Waals surface area contributed by atoms with Gasteiger partial charge in [0, 0.05) is 23.4 Å². The predicted octanol–water partition coefficient (Wildman–Crippen LogP) is 3.75. The van der Waals surface area contributed by atoms with Gasteiger partial charge in [-0.05, 0) is 56.2 Å². The minimum atomic E-state index is -0.706. The second-order valence-corrected chi connectivity index (χ2v) is 6.32. The van der Waals surface area contributed by atoms with Crippen molar-refractivity contribution in [3.05, 3.63) is 54.1 Å². The first kappa shape index (κ1) is 17.8. The summed E-state index contributed by atoms with van der Waals surface area (Å²) in [5, 5.41) is 8.15. The van der Waals surface area contributed by atoms with Gasteiger partial charge in [-0.2, -0.15) is 0 Å². The molecule has 1 fully saturated rings. The fourth-order valence-corrected chi connectivity index (χ4v) is 2.39. The van der Waals surface area contributed by atoms with Gasteiger partial charge in [0.05, 0.1) is 5.69 Å². The number of amides is 2. The maximum atomic E-state index is 13.6. The highest BCUT2D eigenvalue weighted by Gasteiger charge is 2.29. The molecule has 2 aromatic rings. The average molecular weight is 359 g/mol.